The molecule has 0 aliphatic heterocycles. The standard InChI is InChI=1S/C16H24FN/c1-2-3-12-4-6-13(7-5-12)14-8-9-15(11-18)16(17)10-14/h2-3,12-16H,4-10H2,1H3. The van der Waals surface area contributed by atoms with Gasteiger partial charge >= 0.3 is 0 Å². The molecule has 0 heterocycles. The smallest absolute Gasteiger partial charge is 0.116 e. The molecule has 1 nitrogen and oxygen atoms in total. The van der Waals surface area contributed by atoms with Crippen LogP contribution in [0, 0.1) is 35.0 Å². The molecule has 2 fully saturated rings. The molecule has 0 aromatic rings. The molecule has 2 aliphatic carbocycles. The molecule has 3 atom stereocenters. The maximum atomic E-state index is 13.8. The van der Waals surface area contributed by atoms with Gasteiger partial charge in [0.1, 0.15) is 6.17 Å². The van der Waals surface area contributed by atoms with E-state index in [4.69, 9.17) is 5.26 Å². The van der Waals surface area contributed by atoms with Crippen molar-refractivity contribution in [2.45, 2.75) is 58.0 Å². The lowest BCUT2D eigenvalue weighted by molar-refractivity contribution is 0.100. The third kappa shape index (κ3) is 3.13. The van der Waals surface area contributed by atoms with Crippen molar-refractivity contribution < 1.29 is 4.39 Å². The van der Waals surface area contributed by atoms with E-state index in [0.717, 1.165) is 18.8 Å². The number of hydrogen-bond donors (Lipinski definition) is 0. The van der Waals surface area contributed by atoms with Gasteiger partial charge in [-0.2, -0.15) is 5.26 Å². The van der Waals surface area contributed by atoms with Gasteiger partial charge < -0.3 is 0 Å². The first-order valence-electron chi connectivity index (χ1n) is 7.41. The zero-order chi connectivity index (χ0) is 13.0. The largest absolute Gasteiger partial charge is 0.246 e. The number of rotatable bonds is 2. The number of hydrogen-bond acceptors (Lipinski definition) is 1. The Kier molecular flexibility index (Phi) is 4.80. The summed E-state index contributed by atoms with van der Waals surface area (Å²) in [5.74, 6) is 1.67. The van der Waals surface area contributed by atoms with Crippen LogP contribution in [-0.4, -0.2) is 6.17 Å². The van der Waals surface area contributed by atoms with Gasteiger partial charge in [0.15, 0.2) is 0 Å². The van der Waals surface area contributed by atoms with Crippen molar-refractivity contribution in [3.63, 3.8) is 0 Å². The maximum Gasteiger partial charge on any atom is 0.116 e. The molecular formula is C16H24FN. The van der Waals surface area contributed by atoms with Crippen LogP contribution in [0.15, 0.2) is 12.2 Å². The molecule has 0 N–H and O–H groups in total. The van der Waals surface area contributed by atoms with Gasteiger partial charge in [0.2, 0.25) is 0 Å². The zero-order valence-corrected chi connectivity index (χ0v) is 11.3. The third-order valence-corrected chi connectivity index (χ3v) is 4.93. The topological polar surface area (TPSA) is 23.8 Å². The van der Waals surface area contributed by atoms with Gasteiger partial charge in [-0.1, -0.05) is 12.2 Å². The summed E-state index contributed by atoms with van der Waals surface area (Å²) in [4.78, 5) is 0. The molecule has 2 aliphatic rings. The van der Waals surface area contributed by atoms with E-state index in [9.17, 15) is 4.39 Å². The lowest BCUT2D eigenvalue weighted by Gasteiger charge is -2.37. The minimum Gasteiger partial charge on any atom is -0.246 e. The second-order valence-corrected chi connectivity index (χ2v) is 6.03. The van der Waals surface area contributed by atoms with E-state index in [1.54, 1.807) is 0 Å². The van der Waals surface area contributed by atoms with Crippen molar-refractivity contribution >= 4 is 0 Å². The van der Waals surface area contributed by atoms with Crippen molar-refractivity contribution in [2.75, 3.05) is 0 Å². The van der Waals surface area contributed by atoms with Gasteiger partial charge in [-0.25, -0.2) is 4.39 Å². The van der Waals surface area contributed by atoms with Crippen molar-refractivity contribution in [3.8, 4) is 6.07 Å². The fourth-order valence-electron chi connectivity index (χ4n) is 3.80. The summed E-state index contributed by atoms with van der Waals surface area (Å²) in [6, 6.07) is 2.12. The molecular weight excluding hydrogens is 225 g/mol. The molecule has 0 radical (unpaired) electrons. The van der Waals surface area contributed by atoms with E-state index in [1.165, 1.54) is 25.7 Å². The lowest BCUT2D eigenvalue weighted by atomic mass is 9.69. The minimum atomic E-state index is -0.873. The van der Waals surface area contributed by atoms with E-state index < -0.39 is 6.17 Å². The van der Waals surface area contributed by atoms with E-state index in [2.05, 4.69) is 25.1 Å². The first kappa shape index (κ1) is 13.6. The minimum absolute atomic E-state index is 0.333. The Labute approximate surface area is 110 Å². The molecule has 0 aromatic heterocycles. The monoisotopic (exact) mass is 249 g/mol. The second kappa shape index (κ2) is 6.36. The quantitative estimate of drug-likeness (QED) is 0.654. The fourth-order valence-corrected chi connectivity index (χ4v) is 3.80. The summed E-state index contributed by atoms with van der Waals surface area (Å²) in [6.45, 7) is 2.09. The molecule has 0 amide bonds. The maximum absolute atomic E-state index is 13.8. The molecule has 0 saturated heterocycles. The zero-order valence-electron chi connectivity index (χ0n) is 11.3. The number of alkyl halides is 1. The molecule has 3 unspecified atom stereocenters. The normalized spacial score (nSPS) is 41.7. The number of nitriles is 1. The van der Waals surface area contributed by atoms with Crippen LogP contribution >= 0.6 is 0 Å². The first-order valence-corrected chi connectivity index (χ1v) is 7.41. The molecule has 2 saturated carbocycles. The van der Waals surface area contributed by atoms with Gasteiger partial charge in [-0.3, -0.25) is 0 Å². The molecule has 0 aromatic carbocycles. The van der Waals surface area contributed by atoms with E-state index in [0.29, 0.717) is 18.3 Å². The lowest BCUT2D eigenvalue weighted by Crippen LogP contribution is -2.31. The van der Waals surface area contributed by atoms with Gasteiger partial charge in [0, 0.05) is 0 Å². The first-order chi connectivity index (χ1) is 8.74. The highest BCUT2D eigenvalue weighted by Gasteiger charge is 2.35. The van der Waals surface area contributed by atoms with Crippen LogP contribution in [0.3, 0.4) is 0 Å². The molecule has 0 spiro atoms. The molecule has 18 heavy (non-hydrogen) atoms. The molecule has 100 valence electrons. The van der Waals surface area contributed by atoms with Crippen LogP contribution in [0.25, 0.3) is 0 Å². The third-order valence-electron chi connectivity index (χ3n) is 4.93. The average Bonchev–Trinajstić information content (AvgIpc) is 2.40. The van der Waals surface area contributed by atoms with Crippen LogP contribution in [-0.2, 0) is 0 Å². The predicted octanol–water partition coefficient (Wildman–Crippen LogP) is 4.65. The van der Waals surface area contributed by atoms with Gasteiger partial charge in [0.25, 0.3) is 0 Å². The van der Waals surface area contributed by atoms with Crippen LogP contribution in [0.4, 0.5) is 4.39 Å². The van der Waals surface area contributed by atoms with Crippen LogP contribution in [0.5, 0.6) is 0 Å². The Morgan fingerprint density at radius 2 is 1.72 bits per heavy atom. The molecule has 0 bridgehead atoms. The Morgan fingerprint density at radius 3 is 2.28 bits per heavy atom. The van der Waals surface area contributed by atoms with E-state index in [-0.39, 0.29) is 5.92 Å². The van der Waals surface area contributed by atoms with E-state index in [1.807, 2.05) is 0 Å². The Balaban J connectivity index is 1.82. The van der Waals surface area contributed by atoms with Crippen LogP contribution in [0.2, 0.25) is 0 Å². The van der Waals surface area contributed by atoms with E-state index >= 15 is 0 Å². The highest BCUT2D eigenvalue weighted by molar-refractivity contribution is 4.96. The average molecular weight is 249 g/mol. The van der Waals surface area contributed by atoms with Crippen molar-refractivity contribution in [2.24, 2.45) is 23.7 Å². The Morgan fingerprint density at radius 1 is 1.06 bits per heavy atom. The molecule has 2 rings (SSSR count). The number of halogens is 1. The fraction of sp³-hybridized carbons (Fsp3) is 0.812. The Bertz CT molecular complexity index is 322. The van der Waals surface area contributed by atoms with Crippen LogP contribution in [0.1, 0.15) is 51.9 Å². The summed E-state index contributed by atoms with van der Waals surface area (Å²) in [5, 5.41) is 8.85. The summed E-state index contributed by atoms with van der Waals surface area (Å²) in [6.07, 6.45) is 11.1. The summed E-state index contributed by atoms with van der Waals surface area (Å²) in [5.41, 5.74) is 0. The second-order valence-electron chi connectivity index (χ2n) is 6.03. The van der Waals surface area contributed by atoms with Crippen molar-refractivity contribution in [1.29, 1.82) is 5.26 Å². The van der Waals surface area contributed by atoms with Crippen molar-refractivity contribution in [1.82, 2.24) is 0 Å². The SMILES string of the molecule is CC=CC1CCC(C2CCC(C#N)C(F)C2)CC1. The van der Waals surface area contributed by atoms with Gasteiger partial charge in [-0.15, -0.1) is 0 Å². The number of allylic oxidation sites excluding steroid dienone is 2. The van der Waals surface area contributed by atoms with Gasteiger partial charge in [0.05, 0.1) is 12.0 Å². The van der Waals surface area contributed by atoms with Crippen LogP contribution < -0.4 is 0 Å². The molecule has 2 heteroatoms. The summed E-state index contributed by atoms with van der Waals surface area (Å²) in [7, 11) is 0. The number of nitrogens with zero attached hydrogens (tertiary/aromatic N) is 1. The Hall–Kier alpha value is -0.840. The predicted molar refractivity (Wildman–Crippen MR) is 71.6 cm³/mol. The van der Waals surface area contributed by atoms with Gasteiger partial charge in [-0.05, 0) is 69.6 Å². The van der Waals surface area contributed by atoms with Crippen molar-refractivity contribution in [3.05, 3.63) is 12.2 Å². The highest BCUT2D eigenvalue weighted by Crippen LogP contribution is 2.42. The highest BCUT2D eigenvalue weighted by atomic mass is 19.1. The summed E-state index contributed by atoms with van der Waals surface area (Å²) >= 11 is 0. The summed E-state index contributed by atoms with van der Waals surface area (Å²) < 4.78 is 13.8.